The van der Waals surface area contributed by atoms with Crippen LogP contribution in [0.3, 0.4) is 0 Å². The molecular formula is C19H21F2N5O3. The lowest BCUT2D eigenvalue weighted by atomic mass is 10.2. The second-order valence-electron chi connectivity index (χ2n) is 6.45. The van der Waals surface area contributed by atoms with Crippen LogP contribution in [-0.4, -0.2) is 51.9 Å². The maximum atomic E-state index is 12.3. The molecule has 0 saturated heterocycles. The number of methoxy groups -OCH3 is 1. The first-order valence-electron chi connectivity index (χ1n) is 8.89. The summed E-state index contributed by atoms with van der Waals surface area (Å²) in [6, 6.07) is 3.55. The summed E-state index contributed by atoms with van der Waals surface area (Å²) < 4.78 is 36.3. The van der Waals surface area contributed by atoms with E-state index in [1.807, 2.05) is 0 Å². The molecule has 0 unspecified atom stereocenters. The highest BCUT2D eigenvalue weighted by Gasteiger charge is 2.15. The van der Waals surface area contributed by atoms with Gasteiger partial charge in [-0.1, -0.05) is 0 Å². The number of carbonyl (C=O) groups is 1. The van der Waals surface area contributed by atoms with E-state index in [4.69, 9.17) is 9.47 Å². The molecule has 0 aliphatic rings. The number of hydrogen-bond donors (Lipinski definition) is 1. The number of nitrogens with zero attached hydrogens (tertiary/aromatic N) is 4. The summed E-state index contributed by atoms with van der Waals surface area (Å²) in [5.74, 6) is 0.272. The Bertz CT molecular complexity index is 1010. The van der Waals surface area contributed by atoms with Crippen molar-refractivity contribution < 1.29 is 23.0 Å². The highest BCUT2D eigenvalue weighted by molar-refractivity contribution is 6.00. The monoisotopic (exact) mass is 405 g/mol. The van der Waals surface area contributed by atoms with Crippen molar-refractivity contribution in [1.29, 1.82) is 0 Å². The van der Waals surface area contributed by atoms with Crippen LogP contribution in [0.1, 0.15) is 18.1 Å². The third-order valence-corrected chi connectivity index (χ3v) is 4.22. The highest BCUT2D eigenvalue weighted by atomic mass is 19.3. The zero-order valence-electron chi connectivity index (χ0n) is 16.2. The molecular weight excluding hydrogens is 384 g/mol. The molecule has 0 aliphatic heterocycles. The summed E-state index contributed by atoms with van der Waals surface area (Å²) in [6.07, 6.45) is 1.73. The lowest BCUT2D eigenvalue weighted by Crippen LogP contribution is -2.26. The first-order chi connectivity index (χ1) is 13.9. The molecule has 1 atom stereocenters. The van der Waals surface area contributed by atoms with Gasteiger partial charge in [-0.25, -0.2) is 18.7 Å². The van der Waals surface area contributed by atoms with Gasteiger partial charge >= 0.3 is 0 Å². The molecule has 0 spiro atoms. The normalized spacial score (nSPS) is 12.3. The van der Waals surface area contributed by atoms with Crippen molar-refractivity contribution in [2.45, 2.75) is 32.9 Å². The minimum absolute atomic E-state index is 0.182. The van der Waals surface area contributed by atoms with Crippen molar-refractivity contribution in [2.75, 3.05) is 19.0 Å². The number of anilines is 1. The van der Waals surface area contributed by atoms with Crippen molar-refractivity contribution in [3.05, 3.63) is 41.9 Å². The summed E-state index contributed by atoms with van der Waals surface area (Å²) in [7, 11) is 1.45. The highest BCUT2D eigenvalue weighted by Crippen LogP contribution is 2.22. The standard InChI is InChI=1S/C19H21F2N5O3/c1-11-6-13(7-23-19(11)29-10-16(20)21)8-26-9-14-15(25-26)4-5-22-17(14)24-18(27)12(2)28-3/h4-7,9,12,16H,8,10H2,1-3H3,(H,22,24,27)/t12-/m0/s1. The van der Waals surface area contributed by atoms with Crippen LogP contribution >= 0.6 is 0 Å². The number of fused-ring (bicyclic) bond motifs is 1. The number of aryl methyl sites for hydroxylation is 1. The molecule has 1 amide bonds. The molecule has 8 nitrogen and oxygen atoms in total. The van der Waals surface area contributed by atoms with Crippen molar-refractivity contribution in [1.82, 2.24) is 19.7 Å². The fourth-order valence-corrected chi connectivity index (χ4v) is 2.69. The van der Waals surface area contributed by atoms with E-state index in [9.17, 15) is 13.6 Å². The second-order valence-corrected chi connectivity index (χ2v) is 6.45. The van der Waals surface area contributed by atoms with Gasteiger partial charge in [0.1, 0.15) is 11.9 Å². The van der Waals surface area contributed by atoms with Gasteiger partial charge in [0, 0.05) is 31.3 Å². The van der Waals surface area contributed by atoms with Crippen LogP contribution in [-0.2, 0) is 16.1 Å². The summed E-state index contributed by atoms with van der Waals surface area (Å²) in [4.78, 5) is 20.4. The van der Waals surface area contributed by atoms with Gasteiger partial charge in [0.05, 0.1) is 17.4 Å². The van der Waals surface area contributed by atoms with E-state index in [-0.39, 0.29) is 11.8 Å². The lowest BCUT2D eigenvalue weighted by molar-refractivity contribution is -0.124. The predicted molar refractivity (Wildman–Crippen MR) is 102 cm³/mol. The van der Waals surface area contributed by atoms with E-state index in [2.05, 4.69) is 20.4 Å². The molecule has 0 aromatic carbocycles. The first-order valence-corrected chi connectivity index (χ1v) is 8.89. The number of amides is 1. The van der Waals surface area contributed by atoms with Gasteiger partial charge in [0.25, 0.3) is 12.3 Å². The van der Waals surface area contributed by atoms with Crippen molar-refractivity contribution in [3.63, 3.8) is 0 Å². The quantitative estimate of drug-likeness (QED) is 0.620. The topological polar surface area (TPSA) is 91.2 Å². The van der Waals surface area contributed by atoms with Crippen LogP contribution in [0, 0.1) is 6.92 Å². The number of carbonyl (C=O) groups excluding carboxylic acids is 1. The van der Waals surface area contributed by atoms with Gasteiger partial charge in [-0.05, 0) is 31.5 Å². The number of nitrogens with one attached hydrogen (secondary N) is 1. The fourth-order valence-electron chi connectivity index (χ4n) is 2.69. The van der Waals surface area contributed by atoms with Gasteiger partial charge in [-0.2, -0.15) is 5.10 Å². The Morgan fingerprint density at radius 1 is 1.34 bits per heavy atom. The van der Waals surface area contributed by atoms with E-state index in [1.165, 1.54) is 7.11 Å². The van der Waals surface area contributed by atoms with Gasteiger partial charge < -0.3 is 14.8 Å². The molecule has 3 aromatic rings. The number of hydrogen-bond acceptors (Lipinski definition) is 6. The van der Waals surface area contributed by atoms with Gasteiger partial charge in [0.15, 0.2) is 6.61 Å². The summed E-state index contributed by atoms with van der Waals surface area (Å²) >= 11 is 0. The number of halogens is 2. The molecule has 0 radical (unpaired) electrons. The molecule has 3 rings (SSSR count). The van der Waals surface area contributed by atoms with E-state index in [0.717, 1.165) is 5.56 Å². The number of aromatic nitrogens is 4. The lowest BCUT2D eigenvalue weighted by Gasteiger charge is -2.10. The smallest absolute Gasteiger partial charge is 0.272 e. The van der Waals surface area contributed by atoms with Gasteiger partial charge in [0.2, 0.25) is 5.88 Å². The molecule has 29 heavy (non-hydrogen) atoms. The second kappa shape index (κ2) is 8.91. The van der Waals surface area contributed by atoms with E-state index < -0.39 is 19.1 Å². The zero-order chi connectivity index (χ0) is 21.0. The maximum absolute atomic E-state index is 12.3. The Morgan fingerprint density at radius 3 is 2.83 bits per heavy atom. The summed E-state index contributed by atoms with van der Waals surface area (Å²) in [5, 5.41) is 7.91. The van der Waals surface area contributed by atoms with Crippen LogP contribution in [0.5, 0.6) is 5.88 Å². The average Bonchev–Trinajstić information content (AvgIpc) is 3.10. The fraction of sp³-hybridized carbons (Fsp3) is 0.368. The van der Waals surface area contributed by atoms with Crippen molar-refractivity contribution in [3.8, 4) is 5.88 Å². The largest absolute Gasteiger partial charge is 0.471 e. The zero-order valence-corrected chi connectivity index (χ0v) is 16.2. The number of rotatable bonds is 8. The first kappa shape index (κ1) is 20.6. The molecule has 0 aliphatic carbocycles. The van der Waals surface area contributed by atoms with Gasteiger partial charge in [-0.15, -0.1) is 0 Å². The molecule has 3 heterocycles. The Hall–Kier alpha value is -3.14. The molecule has 0 fully saturated rings. The third-order valence-electron chi connectivity index (χ3n) is 4.22. The molecule has 154 valence electrons. The van der Waals surface area contributed by atoms with Crippen LogP contribution in [0.2, 0.25) is 0 Å². The average molecular weight is 405 g/mol. The minimum Gasteiger partial charge on any atom is -0.471 e. The SMILES string of the molecule is CO[C@@H](C)C(=O)Nc1nccc2nn(Cc3cnc(OCC(F)F)c(C)c3)cc12. The van der Waals surface area contributed by atoms with Crippen molar-refractivity contribution >= 4 is 22.6 Å². The number of ether oxygens (including phenoxy) is 2. The summed E-state index contributed by atoms with van der Waals surface area (Å²) in [6.45, 7) is 3.09. The van der Waals surface area contributed by atoms with Crippen molar-refractivity contribution in [2.24, 2.45) is 0 Å². The molecule has 10 heteroatoms. The molecule has 0 saturated carbocycles. The maximum Gasteiger partial charge on any atom is 0.272 e. The van der Waals surface area contributed by atoms with E-state index >= 15 is 0 Å². The Balaban J connectivity index is 1.78. The number of pyridine rings is 2. The molecule has 0 bridgehead atoms. The van der Waals surface area contributed by atoms with Crippen LogP contribution < -0.4 is 10.1 Å². The molecule has 1 N–H and O–H groups in total. The molecule has 3 aromatic heterocycles. The number of alkyl halides is 2. The van der Waals surface area contributed by atoms with Crippen LogP contribution in [0.15, 0.2) is 30.7 Å². The predicted octanol–water partition coefficient (Wildman–Crippen LogP) is 2.80. The Labute approximate surface area is 165 Å². The van der Waals surface area contributed by atoms with Gasteiger partial charge in [-0.3, -0.25) is 9.48 Å². The van der Waals surface area contributed by atoms with E-state index in [1.54, 1.807) is 49.3 Å². The Kier molecular flexibility index (Phi) is 6.32. The summed E-state index contributed by atoms with van der Waals surface area (Å²) in [5.41, 5.74) is 2.15. The van der Waals surface area contributed by atoms with E-state index in [0.29, 0.717) is 28.8 Å². The third kappa shape index (κ3) is 5.02. The minimum atomic E-state index is -2.55. The van der Waals surface area contributed by atoms with Crippen LogP contribution in [0.25, 0.3) is 10.9 Å². The Morgan fingerprint density at radius 2 is 2.14 bits per heavy atom. The van der Waals surface area contributed by atoms with Crippen LogP contribution in [0.4, 0.5) is 14.6 Å².